The van der Waals surface area contributed by atoms with E-state index in [1.807, 2.05) is 0 Å². The average Bonchev–Trinajstić information content (AvgIpc) is 3.43. The summed E-state index contributed by atoms with van der Waals surface area (Å²) in [7, 11) is 1.50. The maximum Gasteiger partial charge on any atom is 0.490 e. The number of rotatable bonds is 4. The molecule has 1 atom stereocenters. The number of nitrogens with one attached hydrogen (secondary N) is 3. The Morgan fingerprint density at radius 1 is 1.23 bits per heavy atom. The van der Waals surface area contributed by atoms with Gasteiger partial charge in [0.1, 0.15) is 5.75 Å². The number of aliphatic carboxylic acids is 1. The number of urea groups is 1. The van der Waals surface area contributed by atoms with Crippen molar-refractivity contribution in [2.45, 2.75) is 56.3 Å². The summed E-state index contributed by atoms with van der Waals surface area (Å²) in [5.41, 5.74) is 1.07. The highest BCUT2D eigenvalue weighted by Gasteiger charge is 2.45. The molecule has 1 saturated carbocycles. The van der Waals surface area contributed by atoms with Crippen molar-refractivity contribution in [3.8, 4) is 5.75 Å². The van der Waals surface area contributed by atoms with E-state index in [0.29, 0.717) is 17.0 Å². The lowest BCUT2D eigenvalue weighted by molar-refractivity contribution is -0.192. The second-order valence-electron chi connectivity index (χ2n) is 8.55. The first-order valence-corrected chi connectivity index (χ1v) is 11.1. The first-order valence-electron chi connectivity index (χ1n) is 11.1. The smallest absolute Gasteiger partial charge is 0.490 e. The van der Waals surface area contributed by atoms with Crippen LogP contribution in [0.4, 0.5) is 23.7 Å². The lowest BCUT2D eigenvalue weighted by Crippen LogP contribution is -2.53. The number of amides is 4. The van der Waals surface area contributed by atoms with E-state index in [9.17, 15) is 27.6 Å². The largest absolute Gasteiger partial charge is 0.495 e. The van der Waals surface area contributed by atoms with Gasteiger partial charge in [0, 0.05) is 30.1 Å². The maximum atomic E-state index is 12.9. The van der Waals surface area contributed by atoms with Crippen LogP contribution < -0.4 is 25.6 Å². The minimum Gasteiger partial charge on any atom is -0.495 e. The van der Waals surface area contributed by atoms with Crippen molar-refractivity contribution >= 4 is 29.5 Å². The number of hydrogen-bond donors (Lipinski definition) is 4. The van der Waals surface area contributed by atoms with Crippen molar-refractivity contribution in [2.75, 3.05) is 25.1 Å². The number of carbonyl (C=O) groups is 4. The fraction of sp³-hybridized carbons (Fsp3) is 0.545. The molecule has 1 spiro atoms. The van der Waals surface area contributed by atoms with Gasteiger partial charge in [0.05, 0.1) is 12.8 Å². The zero-order valence-electron chi connectivity index (χ0n) is 19.0. The molecule has 3 fully saturated rings. The fourth-order valence-corrected chi connectivity index (χ4v) is 4.68. The molecule has 0 radical (unpaired) electrons. The van der Waals surface area contributed by atoms with Crippen LogP contribution in [0, 0.1) is 0 Å². The Balaban J connectivity index is 0.000000429. The number of alkyl halides is 3. The summed E-state index contributed by atoms with van der Waals surface area (Å²) >= 11 is 0. The number of anilines is 1. The molecule has 2 aliphatic heterocycles. The number of carboxylic acid groups (broad SMARTS) is 1. The number of carbonyl (C=O) groups excluding carboxylic acids is 3. The second-order valence-corrected chi connectivity index (χ2v) is 8.55. The molecule has 4 N–H and O–H groups in total. The van der Waals surface area contributed by atoms with E-state index in [-0.39, 0.29) is 36.4 Å². The average molecular weight is 500 g/mol. The summed E-state index contributed by atoms with van der Waals surface area (Å²) in [6, 6.07) is 4.69. The van der Waals surface area contributed by atoms with Gasteiger partial charge in [-0.25, -0.2) is 9.59 Å². The molecule has 3 aliphatic rings. The minimum absolute atomic E-state index is 0.0398. The summed E-state index contributed by atoms with van der Waals surface area (Å²) < 4.78 is 37.2. The van der Waals surface area contributed by atoms with Crippen LogP contribution in [0.15, 0.2) is 18.2 Å². The zero-order chi connectivity index (χ0) is 25.8. The van der Waals surface area contributed by atoms with Crippen molar-refractivity contribution in [2.24, 2.45) is 0 Å². The van der Waals surface area contributed by atoms with E-state index in [4.69, 9.17) is 14.6 Å². The van der Waals surface area contributed by atoms with Gasteiger partial charge in [0.25, 0.3) is 5.91 Å². The highest BCUT2D eigenvalue weighted by Crippen LogP contribution is 2.37. The molecular weight excluding hydrogens is 473 g/mol. The molecule has 1 aliphatic carbocycles. The van der Waals surface area contributed by atoms with Crippen LogP contribution in [-0.4, -0.2) is 66.9 Å². The van der Waals surface area contributed by atoms with E-state index in [2.05, 4.69) is 16.0 Å². The number of carboxylic acids is 1. The summed E-state index contributed by atoms with van der Waals surface area (Å²) in [6.45, 7) is 1.21. The summed E-state index contributed by atoms with van der Waals surface area (Å²) in [5, 5.41) is 16.2. The maximum absolute atomic E-state index is 12.9. The Hall–Kier alpha value is -3.35. The Bertz CT molecular complexity index is 988. The standard InChI is InChI=1S/C20H26N4O4.C2HF3O2/c1-28-15-12-13(4-5-14(15)24-11-7-17(25)23-19(24)27)18(26)22-16-6-10-21-20(16)8-2-3-9-20;3-2(4,5)1(6)7/h4-5,12,16,21H,2-3,6-11H2,1H3,(H,22,26)(H,23,25,27);(H,6,7). The molecule has 0 aromatic heterocycles. The van der Waals surface area contributed by atoms with Crippen LogP contribution >= 0.6 is 0 Å². The Kier molecular flexibility index (Phi) is 7.88. The van der Waals surface area contributed by atoms with Gasteiger partial charge < -0.3 is 20.5 Å². The summed E-state index contributed by atoms with van der Waals surface area (Å²) in [6.07, 6.45) is 0.674. The third kappa shape index (κ3) is 6.02. The van der Waals surface area contributed by atoms with Crippen LogP contribution in [0.25, 0.3) is 0 Å². The molecule has 2 saturated heterocycles. The van der Waals surface area contributed by atoms with Crippen molar-refractivity contribution < 1.29 is 42.2 Å². The minimum atomic E-state index is -5.08. The summed E-state index contributed by atoms with van der Waals surface area (Å²) in [5.74, 6) is -2.75. The van der Waals surface area contributed by atoms with Crippen LogP contribution in [-0.2, 0) is 9.59 Å². The van der Waals surface area contributed by atoms with Crippen LogP contribution in [0.3, 0.4) is 0 Å². The Morgan fingerprint density at radius 2 is 1.89 bits per heavy atom. The number of nitrogens with zero attached hydrogens (tertiary/aromatic N) is 1. The van der Waals surface area contributed by atoms with E-state index in [1.54, 1.807) is 18.2 Å². The predicted molar refractivity (Wildman–Crippen MR) is 117 cm³/mol. The first kappa shape index (κ1) is 26.3. The molecule has 4 rings (SSSR count). The van der Waals surface area contributed by atoms with Crippen LogP contribution in [0.2, 0.25) is 0 Å². The highest BCUT2D eigenvalue weighted by molar-refractivity contribution is 6.06. The molecule has 2 heterocycles. The first-order chi connectivity index (χ1) is 16.5. The van der Waals surface area contributed by atoms with Gasteiger partial charge in [-0.3, -0.25) is 19.8 Å². The molecule has 4 amide bonds. The topological polar surface area (TPSA) is 137 Å². The van der Waals surface area contributed by atoms with Gasteiger partial charge in [-0.05, 0) is 44.0 Å². The monoisotopic (exact) mass is 500 g/mol. The van der Waals surface area contributed by atoms with Gasteiger partial charge in [-0.2, -0.15) is 13.2 Å². The third-order valence-electron chi connectivity index (χ3n) is 6.41. The van der Waals surface area contributed by atoms with Crippen molar-refractivity contribution in [1.82, 2.24) is 16.0 Å². The number of methoxy groups -OCH3 is 1. The molecule has 35 heavy (non-hydrogen) atoms. The van der Waals surface area contributed by atoms with E-state index < -0.39 is 18.2 Å². The fourth-order valence-electron chi connectivity index (χ4n) is 4.68. The molecule has 1 aromatic rings. The highest BCUT2D eigenvalue weighted by atomic mass is 19.4. The van der Waals surface area contributed by atoms with E-state index in [1.165, 1.54) is 24.9 Å². The Labute approximate surface area is 199 Å². The van der Waals surface area contributed by atoms with Gasteiger partial charge >= 0.3 is 18.2 Å². The van der Waals surface area contributed by atoms with Gasteiger partial charge in [0.2, 0.25) is 5.91 Å². The molecule has 192 valence electrons. The number of hydrogen-bond acceptors (Lipinski definition) is 6. The normalized spacial score (nSPS) is 21.3. The summed E-state index contributed by atoms with van der Waals surface area (Å²) in [4.78, 5) is 46.7. The SMILES string of the molecule is COc1cc(C(=O)NC2CCNC23CCCC3)ccc1N1CCC(=O)NC1=O.O=C(O)C(F)(F)F. The van der Waals surface area contributed by atoms with Crippen molar-refractivity contribution in [1.29, 1.82) is 0 Å². The van der Waals surface area contributed by atoms with Gasteiger partial charge in [-0.1, -0.05) is 12.8 Å². The Morgan fingerprint density at radius 3 is 2.46 bits per heavy atom. The van der Waals surface area contributed by atoms with Crippen LogP contribution in [0.1, 0.15) is 48.9 Å². The molecule has 1 aromatic carbocycles. The number of benzene rings is 1. The quantitative estimate of drug-likeness (QED) is 0.497. The molecule has 1 unspecified atom stereocenters. The van der Waals surface area contributed by atoms with Crippen LogP contribution in [0.5, 0.6) is 5.75 Å². The molecule has 10 nitrogen and oxygen atoms in total. The van der Waals surface area contributed by atoms with Crippen molar-refractivity contribution in [3.05, 3.63) is 23.8 Å². The number of imide groups is 1. The van der Waals surface area contributed by atoms with E-state index in [0.717, 1.165) is 25.8 Å². The molecule has 13 heteroatoms. The van der Waals surface area contributed by atoms with E-state index >= 15 is 0 Å². The predicted octanol–water partition coefficient (Wildman–Crippen LogP) is 2.18. The number of halogens is 3. The molecular formula is C22H27F3N4O6. The zero-order valence-corrected chi connectivity index (χ0v) is 19.0. The second kappa shape index (κ2) is 10.5. The lowest BCUT2D eigenvalue weighted by atomic mass is 9.90. The lowest BCUT2D eigenvalue weighted by Gasteiger charge is -2.32. The molecule has 0 bridgehead atoms. The van der Waals surface area contributed by atoms with Gasteiger partial charge in [0.15, 0.2) is 0 Å². The third-order valence-corrected chi connectivity index (χ3v) is 6.41. The number of ether oxygens (including phenoxy) is 1. The van der Waals surface area contributed by atoms with Gasteiger partial charge in [-0.15, -0.1) is 0 Å². The van der Waals surface area contributed by atoms with Crippen molar-refractivity contribution in [3.63, 3.8) is 0 Å².